The van der Waals surface area contributed by atoms with Gasteiger partial charge in [-0.25, -0.2) is 28.2 Å². The molecular formula is C28H23ClN7O4S3+. The Balaban J connectivity index is 1.26. The minimum atomic E-state index is -3.94. The van der Waals surface area contributed by atoms with Crippen LogP contribution in [0.1, 0.15) is 11.1 Å². The van der Waals surface area contributed by atoms with Gasteiger partial charge in [-0.1, -0.05) is 23.7 Å². The first kappa shape index (κ1) is 28.0. The molecule has 1 amide bonds. The molecule has 15 heteroatoms. The van der Waals surface area contributed by atoms with Crippen LogP contribution in [-0.2, 0) is 27.9 Å². The average molecular weight is 653 g/mol. The monoisotopic (exact) mass is 652 g/mol. The van der Waals surface area contributed by atoms with Crippen molar-refractivity contribution in [3.8, 4) is 0 Å². The van der Waals surface area contributed by atoms with Gasteiger partial charge in [-0.05, 0) is 35.7 Å². The number of sulfonamides is 1. The molecule has 2 aromatic carbocycles. The molecule has 1 saturated heterocycles. The van der Waals surface area contributed by atoms with Gasteiger partial charge in [-0.3, -0.25) is 9.28 Å². The fourth-order valence-electron chi connectivity index (χ4n) is 5.56. The van der Waals surface area contributed by atoms with E-state index in [4.69, 9.17) is 17.3 Å². The van der Waals surface area contributed by atoms with Crippen molar-refractivity contribution in [2.24, 2.45) is 0 Å². The van der Waals surface area contributed by atoms with E-state index in [1.165, 1.54) is 28.3 Å². The number of amides is 1. The highest BCUT2D eigenvalue weighted by Gasteiger charge is 2.46. The van der Waals surface area contributed by atoms with E-state index in [2.05, 4.69) is 19.9 Å². The maximum atomic E-state index is 14.2. The molecular weight excluding hydrogens is 630 g/mol. The number of aromatic nitrogens is 4. The number of fused-ring (bicyclic) bond motifs is 3. The molecule has 1 fully saturated rings. The third kappa shape index (κ3) is 4.89. The number of hydrogen-bond acceptors (Lipinski definition) is 10. The summed E-state index contributed by atoms with van der Waals surface area (Å²) in [5.41, 5.74) is 8.59. The number of nitrogens with one attached hydrogen (secondary N) is 1. The normalized spacial score (nSPS) is 18.2. The van der Waals surface area contributed by atoms with Crippen molar-refractivity contribution in [1.82, 2.24) is 24.2 Å². The highest BCUT2D eigenvalue weighted by molar-refractivity contribution is 7.91. The lowest BCUT2D eigenvalue weighted by Gasteiger charge is -2.41. The Morgan fingerprint density at radius 1 is 1.07 bits per heavy atom. The zero-order chi connectivity index (χ0) is 29.9. The molecule has 0 aliphatic carbocycles. The number of H-pyrrole nitrogens is 1. The Morgan fingerprint density at radius 3 is 2.77 bits per heavy atom. The smallest absolute Gasteiger partial charge is 0.329 e. The third-order valence-corrected chi connectivity index (χ3v) is 12.5. The molecule has 0 spiro atoms. The van der Waals surface area contributed by atoms with Crippen LogP contribution in [0.15, 0.2) is 69.5 Å². The second kappa shape index (κ2) is 10.4. The largest absolute Gasteiger partial charge is 0.382 e. The Kier molecular flexibility index (Phi) is 6.80. The topological polar surface area (TPSA) is 152 Å². The standard InChI is InChI=1S/C28H22ClN7O4S3/c29-19-3-2-17-8-24(42-22(17)9-19)43(39,40)35-5-6-36(23(37)10-35,12-18-13-41-26-25(18)32-15-33-27(26)30)11-16-1-4-21-20(7-16)28(38)34-14-31-21/h1-4,7-9,13-15H,5-6,10-12H2,(H2-,30,31,32,33,34,38)/p+1. The predicted octanol–water partition coefficient (Wildman–Crippen LogP) is 4.13. The van der Waals surface area contributed by atoms with Gasteiger partial charge in [0.25, 0.3) is 15.6 Å². The van der Waals surface area contributed by atoms with Gasteiger partial charge in [0.05, 0.1) is 34.0 Å². The van der Waals surface area contributed by atoms with E-state index in [1.807, 2.05) is 11.4 Å². The van der Waals surface area contributed by atoms with Crippen LogP contribution in [0.3, 0.4) is 0 Å². The van der Waals surface area contributed by atoms with E-state index in [9.17, 15) is 18.0 Å². The lowest BCUT2D eigenvalue weighted by atomic mass is 10.1. The molecule has 0 radical (unpaired) electrons. The predicted molar refractivity (Wildman–Crippen MR) is 167 cm³/mol. The molecule has 1 atom stereocenters. The van der Waals surface area contributed by atoms with Crippen molar-refractivity contribution in [2.75, 3.05) is 25.4 Å². The number of nitrogen functional groups attached to an aromatic ring is 1. The lowest BCUT2D eigenvalue weighted by Crippen LogP contribution is -2.62. The zero-order valence-corrected chi connectivity index (χ0v) is 25.6. The summed E-state index contributed by atoms with van der Waals surface area (Å²) in [5, 5.41) is 3.63. The molecule has 6 aromatic rings. The number of halogens is 1. The SMILES string of the molecule is Nc1ncnc2c(C[N+]3(Cc4ccc5nc[nH]c(=O)c5c4)CCN(S(=O)(=O)c4cc5ccc(Cl)cc5s4)CC3=O)csc12. The number of benzene rings is 2. The Bertz CT molecular complexity index is 2250. The summed E-state index contributed by atoms with van der Waals surface area (Å²) in [6, 6.07) is 12.2. The number of quaternary nitrogens is 1. The number of aromatic amines is 1. The number of carbonyl (C=O) groups excluding carboxylic acids is 1. The number of carbonyl (C=O) groups is 1. The van der Waals surface area contributed by atoms with E-state index in [0.717, 1.165) is 37.2 Å². The van der Waals surface area contributed by atoms with Gasteiger partial charge in [-0.2, -0.15) is 4.31 Å². The number of nitrogens with two attached hydrogens (primary N) is 1. The van der Waals surface area contributed by atoms with Crippen molar-refractivity contribution < 1.29 is 17.7 Å². The summed E-state index contributed by atoms with van der Waals surface area (Å²) in [7, 11) is -3.94. The minimum absolute atomic E-state index is 0.0620. The average Bonchev–Trinajstić information content (AvgIpc) is 3.60. The van der Waals surface area contributed by atoms with Crippen LogP contribution in [0.25, 0.3) is 31.2 Å². The van der Waals surface area contributed by atoms with Crippen molar-refractivity contribution in [2.45, 2.75) is 17.3 Å². The van der Waals surface area contributed by atoms with E-state index < -0.39 is 10.0 Å². The minimum Gasteiger partial charge on any atom is -0.382 e. The molecule has 11 nitrogen and oxygen atoms in total. The summed E-state index contributed by atoms with van der Waals surface area (Å²) >= 11 is 8.65. The van der Waals surface area contributed by atoms with Crippen LogP contribution in [0.5, 0.6) is 0 Å². The van der Waals surface area contributed by atoms with Crippen LogP contribution < -0.4 is 11.3 Å². The molecule has 0 saturated carbocycles. The Morgan fingerprint density at radius 2 is 1.93 bits per heavy atom. The second-order valence-electron chi connectivity index (χ2n) is 10.4. The summed E-state index contributed by atoms with van der Waals surface area (Å²) in [4.78, 5) is 42.0. The summed E-state index contributed by atoms with van der Waals surface area (Å²) in [6.07, 6.45) is 2.74. The first-order chi connectivity index (χ1) is 20.6. The van der Waals surface area contributed by atoms with Crippen molar-refractivity contribution >= 4 is 87.2 Å². The van der Waals surface area contributed by atoms with E-state index in [-0.39, 0.29) is 52.9 Å². The van der Waals surface area contributed by atoms with Gasteiger partial charge >= 0.3 is 5.91 Å². The molecule has 4 aromatic heterocycles. The number of hydrogen-bond donors (Lipinski definition) is 2. The number of nitrogens with zero attached hydrogens (tertiary/aromatic N) is 5. The molecule has 1 unspecified atom stereocenters. The molecule has 43 heavy (non-hydrogen) atoms. The van der Waals surface area contributed by atoms with Crippen LogP contribution in [0.4, 0.5) is 5.82 Å². The van der Waals surface area contributed by atoms with Crippen molar-refractivity contribution in [1.29, 1.82) is 0 Å². The fraction of sp³-hybridized carbons (Fsp3) is 0.179. The molecule has 218 valence electrons. The van der Waals surface area contributed by atoms with Gasteiger partial charge in [0, 0.05) is 26.2 Å². The number of thiophene rings is 2. The van der Waals surface area contributed by atoms with Gasteiger partial charge in [0.1, 0.15) is 42.5 Å². The van der Waals surface area contributed by atoms with Crippen LogP contribution >= 0.6 is 34.3 Å². The Hall–Kier alpha value is -3.79. The molecule has 7 rings (SSSR count). The third-order valence-electron chi connectivity index (χ3n) is 7.79. The van der Waals surface area contributed by atoms with Gasteiger partial charge in [-0.15, -0.1) is 22.7 Å². The highest BCUT2D eigenvalue weighted by Crippen LogP contribution is 2.36. The maximum absolute atomic E-state index is 14.2. The van der Waals surface area contributed by atoms with Gasteiger partial charge < -0.3 is 10.7 Å². The highest BCUT2D eigenvalue weighted by atomic mass is 35.5. The zero-order valence-electron chi connectivity index (χ0n) is 22.4. The van der Waals surface area contributed by atoms with Crippen LogP contribution in [0, 0.1) is 0 Å². The number of anilines is 1. The second-order valence-corrected chi connectivity index (χ2v) is 15.0. The number of piperazine rings is 1. The molecule has 1 aliphatic heterocycles. The fourth-order valence-corrected chi connectivity index (χ4v) is 9.68. The molecule has 3 N–H and O–H groups in total. The summed E-state index contributed by atoms with van der Waals surface area (Å²) in [5.74, 6) is 0.0986. The first-order valence-corrected chi connectivity index (χ1v) is 16.7. The van der Waals surface area contributed by atoms with Gasteiger partial charge in [0.2, 0.25) is 0 Å². The first-order valence-electron chi connectivity index (χ1n) is 13.1. The van der Waals surface area contributed by atoms with Crippen LogP contribution in [0.2, 0.25) is 5.02 Å². The van der Waals surface area contributed by atoms with Crippen molar-refractivity contribution in [3.63, 3.8) is 0 Å². The molecule has 0 bridgehead atoms. The Labute approximate surface area is 257 Å². The quantitative estimate of drug-likeness (QED) is 0.255. The van der Waals surface area contributed by atoms with E-state index >= 15 is 0 Å². The van der Waals surface area contributed by atoms with Crippen molar-refractivity contribution in [3.05, 3.63) is 87.0 Å². The molecule has 1 aliphatic rings. The summed E-state index contributed by atoms with van der Waals surface area (Å²) < 4.78 is 30.3. The van der Waals surface area contributed by atoms with E-state index in [0.29, 0.717) is 27.3 Å². The molecule has 5 heterocycles. The van der Waals surface area contributed by atoms with E-state index in [1.54, 1.807) is 36.4 Å². The van der Waals surface area contributed by atoms with Crippen LogP contribution in [-0.4, -0.2) is 62.7 Å². The summed E-state index contributed by atoms with van der Waals surface area (Å²) in [6.45, 7) is 0.556. The lowest BCUT2D eigenvalue weighted by molar-refractivity contribution is -0.883. The van der Waals surface area contributed by atoms with Gasteiger partial charge in [0.15, 0.2) is 0 Å². The maximum Gasteiger partial charge on any atom is 0.329 e. The number of rotatable bonds is 6.